The molecule has 0 spiro atoms. The third kappa shape index (κ3) is 5.31. The molecule has 1 aromatic rings. The molecule has 21 heavy (non-hydrogen) atoms. The second-order valence-electron chi connectivity index (χ2n) is 5.97. The van der Waals surface area contributed by atoms with Crippen LogP contribution in [-0.2, 0) is 4.79 Å². The Bertz CT molecular complexity index is 462. The smallest absolute Gasteiger partial charge is 0.246 e. The van der Waals surface area contributed by atoms with E-state index in [2.05, 4.69) is 24.0 Å². The minimum Gasteiger partial charge on any atom is -0.339 e. The van der Waals surface area contributed by atoms with Gasteiger partial charge in [-0.25, -0.2) is 0 Å². The van der Waals surface area contributed by atoms with Gasteiger partial charge in [0.1, 0.15) is 0 Å². The van der Waals surface area contributed by atoms with Crippen LogP contribution in [0.1, 0.15) is 24.8 Å². The minimum atomic E-state index is 0.123. The average molecular weight is 287 g/mol. The van der Waals surface area contributed by atoms with Crippen molar-refractivity contribution in [3.63, 3.8) is 0 Å². The van der Waals surface area contributed by atoms with Crippen LogP contribution in [0.5, 0.6) is 0 Å². The Morgan fingerprint density at radius 1 is 1.33 bits per heavy atom. The lowest BCUT2D eigenvalue weighted by molar-refractivity contribution is -0.127. The number of carbonyl (C=O) groups excluding carboxylic acids is 1. The lowest BCUT2D eigenvalue weighted by Gasteiger charge is -2.31. The van der Waals surface area contributed by atoms with E-state index < -0.39 is 0 Å². The lowest BCUT2D eigenvalue weighted by Crippen LogP contribution is -2.38. The number of pyridine rings is 1. The Hall–Kier alpha value is -1.68. The highest BCUT2D eigenvalue weighted by molar-refractivity contribution is 5.91. The molecule has 1 fully saturated rings. The van der Waals surface area contributed by atoms with Crippen LogP contribution < -0.4 is 0 Å². The summed E-state index contributed by atoms with van der Waals surface area (Å²) < 4.78 is 0. The second-order valence-corrected chi connectivity index (χ2v) is 5.97. The highest BCUT2D eigenvalue weighted by atomic mass is 16.2. The van der Waals surface area contributed by atoms with Crippen LogP contribution in [-0.4, -0.2) is 54.4 Å². The molecule has 1 aromatic heterocycles. The zero-order chi connectivity index (χ0) is 15.1. The summed E-state index contributed by atoms with van der Waals surface area (Å²) in [6, 6.07) is 3.80. The van der Waals surface area contributed by atoms with E-state index in [4.69, 9.17) is 0 Å². The van der Waals surface area contributed by atoms with Crippen molar-refractivity contribution in [1.82, 2.24) is 14.8 Å². The third-order valence-electron chi connectivity index (χ3n) is 4.04. The van der Waals surface area contributed by atoms with Crippen LogP contribution in [0.3, 0.4) is 0 Å². The van der Waals surface area contributed by atoms with Gasteiger partial charge in [0.05, 0.1) is 0 Å². The van der Waals surface area contributed by atoms with Gasteiger partial charge in [0.25, 0.3) is 0 Å². The van der Waals surface area contributed by atoms with Gasteiger partial charge in [0.15, 0.2) is 0 Å². The molecule has 1 amide bonds. The number of hydrogen-bond donors (Lipinski definition) is 0. The van der Waals surface area contributed by atoms with Crippen molar-refractivity contribution in [2.45, 2.75) is 19.3 Å². The van der Waals surface area contributed by atoms with Gasteiger partial charge in [-0.1, -0.05) is 0 Å². The number of rotatable bonds is 5. The van der Waals surface area contributed by atoms with E-state index in [0.717, 1.165) is 44.0 Å². The summed E-state index contributed by atoms with van der Waals surface area (Å²) in [5.41, 5.74) is 1.01. The van der Waals surface area contributed by atoms with Gasteiger partial charge in [-0.05, 0) is 69.6 Å². The number of likely N-dealkylation sites (tertiary alicyclic amines) is 1. The van der Waals surface area contributed by atoms with Crippen LogP contribution >= 0.6 is 0 Å². The van der Waals surface area contributed by atoms with E-state index in [-0.39, 0.29) is 5.91 Å². The largest absolute Gasteiger partial charge is 0.339 e. The number of amides is 1. The zero-order valence-electron chi connectivity index (χ0n) is 13.0. The quantitative estimate of drug-likeness (QED) is 0.780. The number of aromatic nitrogens is 1. The maximum atomic E-state index is 12.2. The molecule has 2 rings (SSSR count). The second kappa shape index (κ2) is 7.93. The molecule has 2 heterocycles. The van der Waals surface area contributed by atoms with Gasteiger partial charge < -0.3 is 9.80 Å². The Kier molecular flexibility index (Phi) is 5.93. The molecule has 1 saturated heterocycles. The fourth-order valence-corrected chi connectivity index (χ4v) is 2.63. The number of piperidine rings is 1. The van der Waals surface area contributed by atoms with Crippen molar-refractivity contribution in [2.24, 2.45) is 5.92 Å². The number of hydrogen-bond acceptors (Lipinski definition) is 3. The summed E-state index contributed by atoms with van der Waals surface area (Å²) in [7, 11) is 4.23. The predicted molar refractivity (Wildman–Crippen MR) is 85.7 cm³/mol. The fourth-order valence-electron chi connectivity index (χ4n) is 2.63. The molecular weight excluding hydrogens is 262 g/mol. The first kappa shape index (κ1) is 15.7. The number of nitrogens with zero attached hydrogens (tertiary/aromatic N) is 3. The zero-order valence-corrected chi connectivity index (χ0v) is 13.0. The highest BCUT2D eigenvalue weighted by Gasteiger charge is 2.21. The monoisotopic (exact) mass is 287 g/mol. The maximum Gasteiger partial charge on any atom is 0.246 e. The molecule has 0 atom stereocenters. The number of carbonyl (C=O) groups is 1. The van der Waals surface area contributed by atoms with Crippen molar-refractivity contribution in [3.8, 4) is 0 Å². The van der Waals surface area contributed by atoms with Crippen LogP contribution in [0.4, 0.5) is 0 Å². The molecule has 0 radical (unpaired) electrons. The van der Waals surface area contributed by atoms with Crippen LogP contribution in [0.2, 0.25) is 0 Å². The van der Waals surface area contributed by atoms with Crippen LogP contribution in [0.15, 0.2) is 30.6 Å². The first-order chi connectivity index (χ1) is 10.1. The van der Waals surface area contributed by atoms with Crippen molar-refractivity contribution >= 4 is 12.0 Å². The first-order valence-corrected chi connectivity index (χ1v) is 7.67. The van der Waals surface area contributed by atoms with Crippen LogP contribution in [0.25, 0.3) is 6.08 Å². The molecule has 0 saturated carbocycles. The summed E-state index contributed by atoms with van der Waals surface area (Å²) in [5.74, 6) is 0.887. The molecule has 0 bridgehead atoms. The highest BCUT2D eigenvalue weighted by Crippen LogP contribution is 2.20. The van der Waals surface area contributed by atoms with Gasteiger partial charge in [0, 0.05) is 31.6 Å². The molecule has 114 valence electrons. The molecule has 0 aromatic carbocycles. The summed E-state index contributed by atoms with van der Waals surface area (Å²) >= 11 is 0. The Balaban J connectivity index is 1.77. The molecule has 4 heteroatoms. The van der Waals surface area contributed by atoms with Crippen molar-refractivity contribution in [2.75, 3.05) is 33.7 Å². The first-order valence-electron chi connectivity index (χ1n) is 7.67. The standard InChI is InChI=1S/C17H25N3O/c1-19(2)12-7-16-8-13-20(14-9-16)17(21)4-3-15-5-10-18-11-6-15/h3-6,10-11,16H,7-9,12-14H2,1-2H3/b4-3-. The SMILES string of the molecule is CN(C)CCC1CCN(C(=O)/C=C\c2ccncc2)CC1. The predicted octanol–water partition coefficient (Wildman–Crippen LogP) is 2.29. The van der Waals surface area contributed by atoms with E-state index >= 15 is 0 Å². The van der Waals surface area contributed by atoms with E-state index in [9.17, 15) is 4.79 Å². The van der Waals surface area contributed by atoms with Crippen molar-refractivity contribution in [3.05, 3.63) is 36.2 Å². The normalized spacial score (nSPS) is 16.8. The van der Waals surface area contributed by atoms with Gasteiger partial charge in [-0.2, -0.15) is 0 Å². The maximum absolute atomic E-state index is 12.2. The minimum absolute atomic E-state index is 0.123. The van der Waals surface area contributed by atoms with Gasteiger partial charge in [-0.15, -0.1) is 0 Å². The Morgan fingerprint density at radius 2 is 2.00 bits per heavy atom. The summed E-state index contributed by atoms with van der Waals surface area (Å²) in [6.07, 6.45) is 10.5. The van der Waals surface area contributed by atoms with Crippen molar-refractivity contribution < 1.29 is 4.79 Å². The Labute approximate surface area is 127 Å². The van der Waals surface area contributed by atoms with E-state index in [0.29, 0.717) is 0 Å². The average Bonchev–Trinajstić information content (AvgIpc) is 2.52. The van der Waals surface area contributed by atoms with Crippen LogP contribution in [0, 0.1) is 5.92 Å². The molecular formula is C17H25N3O. The Morgan fingerprint density at radius 3 is 2.62 bits per heavy atom. The van der Waals surface area contributed by atoms with E-state index in [1.165, 1.54) is 6.42 Å². The van der Waals surface area contributed by atoms with E-state index in [1.54, 1.807) is 18.5 Å². The molecule has 0 unspecified atom stereocenters. The van der Waals surface area contributed by atoms with Gasteiger partial charge in [0.2, 0.25) is 5.91 Å². The molecule has 4 nitrogen and oxygen atoms in total. The van der Waals surface area contributed by atoms with E-state index in [1.807, 2.05) is 23.1 Å². The molecule has 0 N–H and O–H groups in total. The summed E-state index contributed by atoms with van der Waals surface area (Å²) in [6.45, 7) is 2.91. The van der Waals surface area contributed by atoms with Gasteiger partial charge >= 0.3 is 0 Å². The fraction of sp³-hybridized carbons (Fsp3) is 0.529. The topological polar surface area (TPSA) is 36.4 Å². The van der Waals surface area contributed by atoms with Gasteiger partial charge in [-0.3, -0.25) is 9.78 Å². The van der Waals surface area contributed by atoms with Crippen molar-refractivity contribution in [1.29, 1.82) is 0 Å². The summed E-state index contributed by atoms with van der Waals surface area (Å²) in [5, 5.41) is 0. The molecule has 1 aliphatic heterocycles. The lowest BCUT2D eigenvalue weighted by atomic mass is 9.93. The molecule has 1 aliphatic rings. The summed E-state index contributed by atoms with van der Waals surface area (Å²) in [4.78, 5) is 20.3. The third-order valence-corrected chi connectivity index (χ3v) is 4.04. The molecule has 0 aliphatic carbocycles.